The SMILES string of the molecule is N#Cc1csc(CNCC(F)(F)C(F)F)c1. The summed E-state index contributed by atoms with van der Waals surface area (Å²) >= 11 is 1.22. The van der Waals surface area contributed by atoms with E-state index in [0.29, 0.717) is 10.4 Å². The highest BCUT2D eigenvalue weighted by Crippen LogP contribution is 2.22. The molecule has 1 rings (SSSR count). The topological polar surface area (TPSA) is 35.8 Å². The minimum Gasteiger partial charge on any atom is -0.306 e. The standard InChI is InChI=1S/C9H8F4N2S/c10-8(11)9(12,13)5-15-3-7-1-6(2-14)4-16-7/h1,4,8,15H,3,5H2. The predicted molar refractivity (Wildman–Crippen MR) is 51.7 cm³/mol. The molecule has 0 saturated heterocycles. The van der Waals surface area contributed by atoms with Gasteiger partial charge in [0.05, 0.1) is 12.1 Å². The van der Waals surface area contributed by atoms with E-state index in [0.717, 1.165) is 0 Å². The van der Waals surface area contributed by atoms with Gasteiger partial charge in [0.25, 0.3) is 0 Å². The van der Waals surface area contributed by atoms with Crippen LogP contribution in [0.1, 0.15) is 10.4 Å². The monoisotopic (exact) mass is 252 g/mol. The van der Waals surface area contributed by atoms with E-state index >= 15 is 0 Å². The van der Waals surface area contributed by atoms with Crippen molar-refractivity contribution in [2.45, 2.75) is 18.9 Å². The molecule has 2 nitrogen and oxygen atoms in total. The first kappa shape index (κ1) is 12.9. The van der Waals surface area contributed by atoms with Gasteiger partial charge < -0.3 is 5.32 Å². The number of halogens is 4. The zero-order chi connectivity index (χ0) is 12.2. The van der Waals surface area contributed by atoms with Crippen LogP contribution in [0.3, 0.4) is 0 Å². The van der Waals surface area contributed by atoms with Crippen LogP contribution in [0.2, 0.25) is 0 Å². The third-order valence-corrected chi connectivity index (χ3v) is 2.70. The summed E-state index contributed by atoms with van der Waals surface area (Å²) in [5.74, 6) is -4.02. The molecule has 0 aromatic carbocycles. The number of hydrogen-bond donors (Lipinski definition) is 1. The lowest BCUT2D eigenvalue weighted by Crippen LogP contribution is -2.38. The minimum atomic E-state index is -4.02. The normalized spacial score (nSPS) is 11.8. The van der Waals surface area contributed by atoms with Gasteiger partial charge in [-0.3, -0.25) is 0 Å². The molecule has 88 valence electrons. The van der Waals surface area contributed by atoms with Crippen LogP contribution in [-0.2, 0) is 6.54 Å². The summed E-state index contributed by atoms with van der Waals surface area (Å²) in [6.45, 7) is -1.03. The summed E-state index contributed by atoms with van der Waals surface area (Å²) < 4.78 is 48.5. The van der Waals surface area contributed by atoms with Crippen LogP contribution in [0.5, 0.6) is 0 Å². The highest BCUT2D eigenvalue weighted by atomic mass is 32.1. The Labute approximate surface area is 93.5 Å². The van der Waals surface area contributed by atoms with E-state index in [2.05, 4.69) is 5.32 Å². The molecule has 7 heteroatoms. The van der Waals surface area contributed by atoms with Gasteiger partial charge in [-0.1, -0.05) is 0 Å². The van der Waals surface area contributed by atoms with E-state index in [9.17, 15) is 17.6 Å². The first-order valence-electron chi connectivity index (χ1n) is 4.30. The Morgan fingerprint density at radius 3 is 2.69 bits per heavy atom. The molecule has 0 aliphatic carbocycles. The Bertz CT molecular complexity index is 383. The Morgan fingerprint density at radius 1 is 1.50 bits per heavy atom. The molecule has 0 unspecified atom stereocenters. The highest BCUT2D eigenvalue weighted by molar-refractivity contribution is 7.10. The van der Waals surface area contributed by atoms with Gasteiger partial charge in [0.15, 0.2) is 0 Å². The van der Waals surface area contributed by atoms with E-state index in [-0.39, 0.29) is 6.54 Å². The van der Waals surface area contributed by atoms with Crippen molar-refractivity contribution in [3.8, 4) is 6.07 Å². The Kier molecular flexibility index (Phi) is 4.26. The fraction of sp³-hybridized carbons (Fsp3) is 0.444. The molecule has 1 aromatic rings. The zero-order valence-corrected chi connectivity index (χ0v) is 8.83. The van der Waals surface area contributed by atoms with E-state index in [1.807, 2.05) is 6.07 Å². The van der Waals surface area contributed by atoms with E-state index < -0.39 is 18.9 Å². The maximum atomic E-state index is 12.5. The molecule has 0 aliphatic rings. The number of thiophene rings is 1. The quantitative estimate of drug-likeness (QED) is 0.818. The van der Waals surface area contributed by atoms with Crippen molar-refractivity contribution in [3.63, 3.8) is 0 Å². The molecule has 0 spiro atoms. The Hall–Kier alpha value is -1.13. The van der Waals surface area contributed by atoms with Crippen molar-refractivity contribution in [1.82, 2.24) is 5.32 Å². The van der Waals surface area contributed by atoms with Crippen molar-refractivity contribution in [2.75, 3.05) is 6.54 Å². The van der Waals surface area contributed by atoms with E-state index in [4.69, 9.17) is 5.26 Å². The van der Waals surface area contributed by atoms with Gasteiger partial charge >= 0.3 is 12.3 Å². The summed E-state index contributed by atoms with van der Waals surface area (Å²) in [6.07, 6.45) is -3.67. The number of nitrogens with one attached hydrogen (secondary N) is 1. The van der Waals surface area contributed by atoms with Gasteiger partial charge in [0.2, 0.25) is 0 Å². The van der Waals surface area contributed by atoms with Gasteiger partial charge in [-0.05, 0) is 6.07 Å². The summed E-state index contributed by atoms with van der Waals surface area (Å²) in [6, 6.07) is 3.41. The molecule has 0 radical (unpaired) electrons. The summed E-state index contributed by atoms with van der Waals surface area (Å²) in [4.78, 5) is 0.654. The van der Waals surface area contributed by atoms with Gasteiger partial charge in [0, 0.05) is 16.8 Å². The average Bonchev–Trinajstić information content (AvgIpc) is 2.65. The molecule has 1 aromatic heterocycles. The largest absolute Gasteiger partial charge is 0.319 e. The van der Waals surface area contributed by atoms with Gasteiger partial charge in [-0.15, -0.1) is 11.3 Å². The molecule has 16 heavy (non-hydrogen) atoms. The van der Waals surface area contributed by atoms with Gasteiger partial charge in [-0.25, -0.2) is 8.78 Å². The summed E-state index contributed by atoms with van der Waals surface area (Å²) in [7, 11) is 0. The molecule has 0 atom stereocenters. The first-order chi connectivity index (χ1) is 7.45. The van der Waals surface area contributed by atoms with Crippen molar-refractivity contribution >= 4 is 11.3 Å². The highest BCUT2D eigenvalue weighted by Gasteiger charge is 2.39. The number of nitriles is 1. The average molecular weight is 252 g/mol. The number of nitrogens with zero attached hydrogens (tertiary/aromatic N) is 1. The molecular formula is C9H8F4N2S. The smallest absolute Gasteiger partial charge is 0.306 e. The maximum absolute atomic E-state index is 12.5. The molecule has 0 fully saturated rings. The second-order valence-electron chi connectivity index (χ2n) is 3.08. The zero-order valence-electron chi connectivity index (χ0n) is 8.01. The van der Waals surface area contributed by atoms with Gasteiger partial charge in [0.1, 0.15) is 6.07 Å². The van der Waals surface area contributed by atoms with Crippen LogP contribution in [0, 0.1) is 11.3 Å². The molecular weight excluding hydrogens is 244 g/mol. The summed E-state index contributed by atoms with van der Waals surface area (Å²) in [5, 5.41) is 12.3. The first-order valence-corrected chi connectivity index (χ1v) is 5.18. The van der Waals surface area contributed by atoms with Gasteiger partial charge in [-0.2, -0.15) is 14.0 Å². The van der Waals surface area contributed by atoms with Crippen LogP contribution >= 0.6 is 11.3 Å². The number of alkyl halides is 4. The molecule has 0 bridgehead atoms. The predicted octanol–water partition coefficient (Wildman–Crippen LogP) is 2.61. The lowest BCUT2D eigenvalue weighted by molar-refractivity contribution is -0.125. The van der Waals surface area contributed by atoms with Crippen molar-refractivity contribution < 1.29 is 17.6 Å². The van der Waals surface area contributed by atoms with Crippen molar-refractivity contribution in [2.24, 2.45) is 0 Å². The van der Waals surface area contributed by atoms with E-state index in [1.165, 1.54) is 17.4 Å². The Morgan fingerprint density at radius 2 is 2.19 bits per heavy atom. The van der Waals surface area contributed by atoms with Crippen LogP contribution in [0.4, 0.5) is 17.6 Å². The lowest BCUT2D eigenvalue weighted by Gasteiger charge is -2.15. The molecule has 0 saturated carbocycles. The van der Waals surface area contributed by atoms with Crippen LogP contribution in [0.15, 0.2) is 11.4 Å². The summed E-state index contributed by atoms with van der Waals surface area (Å²) in [5.41, 5.74) is 0.433. The Balaban J connectivity index is 2.39. The second-order valence-corrected chi connectivity index (χ2v) is 4.07. The van der Waals surface area contributed by atoms with Crippen LogP contribution in [-0.4, -0.2) is 18.9 Å². The maximum Gasteiger partial charge on any atom is 0.319 e. The fourth-order valence-electron chi connectivity index (χ4n) is 0.961. The second kappa shape index (κ2) is 5.27. The fourth-order valence-corrected chi connectivity index (χ4v) is 1.74. The molecule has 1 N–H and O–H groups in total. The minimum absolute atomic E-state index is 0.0503. The van der Waals surface area contributed by atoms with Crippen molar-refractivity contribution in [3.05, 3.63) is 21.9 Å². The van der Waals surface area contributed by atoms with Crippen LogP contribution in [0.25, 0.3) is 0 Å². The molecule has 1 heterocycles. The third kappa shape index (κ3) is 3.47. The third-order valence-electron chi connectivity index (χ3n) is 1.76. The van der Waals surface area contributed by atoms with Crippen LogP contribution < -0.4 is 5.32 Å². The number of hydrogen-bond acceptors (Lipinski definition) is 3. The van der Waals surface area contributed by atoms with E-state index in [1.54, 1.807) is 5.38 Å². The molecule has 0 amide bonds. The molecule has 0 aliphatic heterocycles. The van der Waals surface area contributed by atoms with Crippen molar-refractivity contribution in [1.29, 1.82) is 5.26 Å². The lowest BCUT2D eigenvalue weighted by atomic mass is 10.3. The number of rotatable bonds is 5.